The second-order valence-electron chi connectivity index (χ2n) is 7.73. The van der Waals surface area contributed by atoms with Crippen LogP contribution in [0, 0.1) is 13.8 Å². The van der Waals surface area contributed by atoms with E-state index >= 15 is 0 Å². The SMILES string of the molecule is CCN(c1ccc2sc(C(=O)Nc3cc(Cl)ccc3C)cc2c1)S(=O)(=O)c1ccc(C)cc1. The maximum atomic E-state index is 13.2. The quantitative estimate of drug-likeness (QED) is 0.324. The number of carbonyl (C=O) groups excluding carboxylic acids is 1. The average molecular weight is 499 g/mol. The smallest absolute Gasteiger partial charge is 0.265 e. The Bertz CT molecular complexity index is 1440. The van der Waals surface area contributed by atoms with E-state index in [1.54, 1.807) is 55.5 Å². The summed E-state index contributed by atoms with van der Waals surface area (Å²) in [6.45, 7) is 5.90. The van der Waals surface area contributed by atoms with Crippen LogP contribution in [0.25, 0.3) is 10.1 Å². The number of hydrogen-bond acceptors (Lipinski definition) is 4. The maximum Gasteiger partial charge on any atom is 0.265 e. The molecule has 0 saturated carbocycles. The standard InChI is InChI=1S/C25H23ClN2O3S2/c1-4-28(33(30,31)21-10-5-16(2)6-11-21)20-9-12-23-18(13-20)14-24(32-23)25(29)27-22-15-19(26)8-7-17(22)3/h5-15H,4H2,1-3H3,(H,27,29). The molecule has 0 radical (unpaired) electrons. The Labute approximate surface area is 202 Å². The molecule has 0 atom stereocenters. The van der Waals surface area contributed by atoms with E-state index in [-0.39, 0.29) is 17.3 Å². The first kappa shape index (κ1) is 23.3. The van der Waals surface area contributed by atoms with E-state index in [1.165, 1.54) is 15.6 Å². The van der Waals surface area contributed by atoms with Crippen LogP contribution >= 0.6 is 22.9 Å². The number of aryl methyl sites for hydroxylation is 2. The zero-order valence-corrected chi connectivity index (χ0v) is 20.8. The summed E-state index contributed by atoms with van der Waals surface area (Å²) in [4.78, 5) is 13.6. The predicted octanol–water partition coefficient (Wildman–Crippen LogP) is 6.64. The van der Waals surface area contributed by atoms with E-state index in [4.69, 9.17) is 11.6 Å². The van der Waals surface area contributed by atoms with Crippen LogP contribution in [-0.4, -0.2) is 20.9 Å². The molecule has 1 heterocycles. The number of benzene rings is 3. The lowest BCUT2D eigenvalue weighted by molar-refractivity contribution is 0.103. The van der Waals surface area contributed by atoms with E-state index in [2.05, 4.69) is 5.32 Å². The Balaban J connectivity index is 1.65. The molecule has 3 aromatic carbocycles. The fraction of sp³-hybridized carbons (Fsp3) is 0.160. The molecule has 1 aromatic heterocycles. The van der Waals surface area contributed by atoms with Gasteiger partial charge >= 0.3 is 0 Å². The number of sulfonamides is 1. The van der Waals surface area contributed by atoms with Crippen molar-refractivity contribution in [1.82, 2.24) is 0 Å². The number of rotatable bonds is 6. The molecule has 0 aliphatic rings. The van der Waals surface area contributed by atoms with Gasteiger partial charge < -0.3 is 5.32 Å². The van der Waals surface area contributed by atoms with E-state index in [0.717, 1.165) is 21.2 Å². The van der Waals surface area contributed by atoms with Crippen molar-refractivity contribution in [3.8, 4) is 0 Å². The topological polar surface area (TPSA) is 66.5 Å². The molecule has 0 unspecified atom stereocenters. The number of nitrogens with zero attached hydrogens (tertiary/aromatic N) is 1. The Kier molecular flexibility index (Phi) is 6.47. The summed E-state index contributed by atoms with van der Waals surface area (Å²) < 4.78 is 28.8. The zero-order chi connectivity index (χ0) is 23.8. The van der Waals surface area contributed by atoms with Gasteiger partial charge in [0.05, 0.1) is 15.5 Å². The molecular weight excluding hydrogens is 476 g/mol. The van der Waals surface area contributed by atoms with Crippen LogP contribution in [0.2, 0.25) is 5.02 Å². The molecule has 4 rings (SSSR count). The number of halogens is 1. The van der Waals surface area contributed by atoms with Gasteiger partial charge in [-0.1, -0.05) is 35.4 Å². The van der Waals surface area contributed by atoms with E-state index in [9.17, 15) is 13.2 Å². The highest BCUT2D eigenvalue weighted by Crippen LogP contribution is 2.32. The summed E-state index contributed by atoms with van der Waals surface area (Å²) in [6, 6.07) is 19.4. The van der Waals surface area contributed by atoms with Crippen LogP contribution in [-0.2, 0) is 10.0 Å². The first-order valence-electron chi connectivity index (χ1n) is 10.4. The van der Waals surface area contributed by atoms with Crippen LogP contribution in [0.5, 0.6) is 0 Å². The average Bonchev–Trinajstić information content (AvgIpc) is 3.21. The molecule has 33 heavy (non-hydrogen) atoms. The lowest BCUT2D eigenvalue weighted by Crippen LogP contribution is -2.30. The van der Waals surface area contributed by atoms with Gasteiger partial charge in [0.25, 0.3) is 15.9 Å². The molecule has 0 aliphatic heterocycles. The van der Waals surface area contributed by atoms with Gasteiger partial charge in [-0.15, -0.1) is 11.3 Å². The van der Waals surface area contributed by atoms with Crippen molar-refractivity contribution >= 4 is 60.3 Å². The first-order valence-corrected chi connectivity index (χ1v) is 13.0. The van der Waals surface area contributed by atoms with E-state index < -0.39 is 10.0 Å². The minimum absolute atomic E-state index is 0.234. The number of anilines is 2. The number of fused-ring (bicyclic) bond motifs is 1. The van der Waals surface area contributed by atoms with Gasteiger partial charge in [-0.2, -0.15) is 0 Å². The van der Waals surface area contributed by atoms with Crippen molar-refractivity contribution in [2.75, 3.05) is 16.2 Å². The molecule has 8 heteroatoms. The maximum absolute atomic E-state index is 13.2. The summed E-state index contributed by atoms with van der Waals surface area (Å²) in [5.74, 6) is -0.234. The monoisotopic (exact) mass is 498 g/mol. The van der Waals surface area contributed by atoms with Gasteiger partial charge in [-0.25, -0.2) is 8.42 Å². The fourth-order valence-corrected chi connectivity index (χ4v) is 6.12. The third-order valence-corrected chi connectivity index (χ3v) is 8.62. The Morgan fingerprint density at radius 1 is 1.00 bits per heavy atom. The van der Waals surface area contributed by atoms with Crippen molar-refractivity contribution in [2.24, 2.45) is 0 Å². The molecule has 0 aliphatic carbocycles. The molecule has 1 amide bonds. The lowest BCUT2D eigenvalue weighted by Gasteiger charge is -2.23. The number of nitrogens with one attached hydrogen (secondary N) is 1. The van der Waals surface area contributed by atoms with E-state index in [1.807, 2.05) is 32.0 Å². The van der Waals surface area contributed by atoms with Gasteiger partial charge in [-0.05, 0) is 80.3 Å². The Hall–Kier alpha value is -2.87. The summed E-state index contributed by atoms with van der Waals surface area (Å²) >= 11 is 7.41. The third-order valence-electron chi connectivity index (χ3n) is 5.36. The summed E-state index contributed by atoms with van der Waals surface area (Å²) in [5.41, 5.74) is 3.12. The number of hydrogen-bond donors (Lipinski definition) is 1. The Morgan fingerprint density at radius 3 is 2.42 bits per heavy atom. The number of thiophene rings is 1. The molecule has 0 fully saturated rings. The van der Waals surface area contributed by atoms with Crippen molar-refractivity contribution in [1.29, 1.82) is 0 Å². The summed E-state index contributed by atoms with van der Waals surface area (Å²) in [5, 5.41) is 4.26. The van der Waals surface area contributed by atoms with Crippen molar-refractivity contribution in [2.45, 2.75) is 25.7 Å². The molecule has 170 valence electrons. The lowest BCUT2D eigenvalue weighted by atomic mass is 10.2. The highest BCUT2D eigenvalue weighted by molar-refractivity contribution is 7.92. The van der Waals surface area contributed by atoms with Gasteiger partial charge in [0.15, 0.2) is 0 Å². The van der Waals surface area contributed by atoms with Crippen molar-refractivity contribution in [3.05, 3.63) is 87.8 Å². The fourth-order valence-electron chi connectivity index (χ4n) is 3.54. The molecule has 4 aromatic rings. The largest absolute Gasteiger partial charge is 0.321 e. The van der Waals surface area contributed by atoms with Crippen LogP contribution < -0.4 is 9.62 Å². The predicted molar refractivity (Wildman–Crippen MR) is 137 cm³/mol. The van der Waals surface area contributed by atoms with Gasteiger partial charge in [0.2, 0.25) is 0 Å². The first-order chi connectivity index (χ1) is 15.7. The zero-order valence-electron chi connectivity index (χ0n) is 18.4. The molecule has 0 spiro atoms. The molecule has 1 N–H and O–H groups in total. The van der Waals surface area contributed by atoms with Crippen molar-refractivity contribution < 1.29 is 13.2 Å². The molecule has 5 nitrogen and oxygen atoms in total. The second kappa shape index (κ2) is 9.17. The highest BCUT2D eigenvalue weighted by atomic mass is 35.5. The normalized spacial score (nSPS) is 11.5. The minimum atomic E-state index is -3.70. The van der Waals surface area contributed by atoms with Crippen molar-refractivity contribution in [3.63, 3.8) is 0 Å². The summed E-state index contributed by atoms with van der Waals surface area (Å²) in [7, 11) is -3.70. The van der Waals surface area contributed by atoms with Gasteiger partial charge in [0.1, 0.15) is 0 Å². The molecular formula is C25H23ClN2O3S2. The van der Waals surface area contributed by atoms with E-state index in [0.29, 0.717) is 21.3 Å². The van der Waals surface area contributed by atoms with Gasteiger partial charge in [0, 0.05) is 22.0 Å². The third kappa shape index (κ3) is 4.76. The van der Waals surface area contributed by atoms with Crippen LogP contribution in [0.15, 0.2) is 71.6 Å². The number of amides is 1. The van der Waals surface area contributed by atoms with Gasteiger partial charge in [-0.3, -0.25) is 9.10 Å². The summed E-state index contributed by atoms with van der Waals surface area (Å²) in [6.07, 6.45) is 0. The Morgan fingerprint density at radius 2 is 1.73 bits per heavy atom. The second-order valence-corrected chi connectivity index (χ2v) is 11.1. The highest BCUT2D eigenvalue weighted by Gasteiger charge is 2.24. The minimum Gasteiger partial charge on any atom is -0.321 e. The van der Waals surface area contributed by atoms with Crippen LogP contribution in [0.1, 0.15) is 27.7 Å². The molecule has 0 bridgehead atoms. The van der Waals surface area contributed by atoms with Crippen LogP contribution in [0.4, 0.5) is 11.4 Å². The van der Waals surface area contributed by atoms with Crippen LogP contribution in [0.3, 0.4) is 0 Å². The molecule has 0 saturated heterocycles. The number of carbonyl (C=O) groups is 1.